The second-order valence-electron chi connectivity index (χ2n) is 4.17. The summed E-state index contributed by atoms with van der Waals surface area (Å²) < 4.78 is 9.89. The number of ether oxygens (including phenoxy) is 2. The molecule has 0 aromatic heterocycles. The summed E-state index contributed by atoms with van der Waals surface area (Å²) in [5.41, 5.74) is -0.967. The molecule has 1 fully saturated rings. The zero-order valence-electron chi connectivity index (χ0n) is 10.0. The molecule has 1 amide bonds. The van der Waals surface area contributed by atoms with Crippen LogP contribution in [0.2, 0.25) is 0 Å². The summed E-state index contributed by atoms with van der Waals surface area (Å²) >= 11 is 0. The van der Waals surface area contributed by atoms with Gasteiger partial charge >= 0.3 is 12.1 Å². The first-order chi connectivity index (χ1) is 8.49. The summed E-state index contributed by atoms with van der Waals surface area (Å²) in [6.07, 6.45) is -0.673. The molecule has 6 heteroatoms. The molecule has 96 valence electrons. The van der Waals surface area contributed by atoms with E-state index >= 15 is 0 Å². The predicted molar refractivity (Wildman–Crippen MR) is 62.9 cm³/mol. The molecule has 1 aliphatic rings. The first-order valence-electron chi connectivity index (χ1n) is 5.33. The Bertz CT molecular complexity index is 501. The maximum Gasteiger partial charge on any atom is 0.415 e. The first kappa shape index (κ1) is 12.2. The number of carboxylic acids is 1. The molecule has 6 nitrogen and oxygen atoms in total. The van der Waals surface area contributed by atoms with E-state index in [1.807, 2.05) is 0 Å². The van der Waals surface area contributed by atoms with Crippen molar-refractivity contribution in [1.29, 1.82) is 0 Å². The molecule has 1 saturated heterocycles. The molecule has 0 aliphatic carbocycles. The summed E-state index contributed by atoms with van der Waals surface area (Å²) in [7, 11) is 1.50. The van der Waals surface area contributed by atoms with E-state index in [1.54, 1.807) is 24.3 Å². The van der Waals surface area contributed by atoms with Crippen molar-refractivity contribution in [3.05, 3.63) is 24.3 Å². The minimum Gasteiger partial charge on any atom is -0.497 e. The van der Waals surface area contributed by atoms with Crippen LogP contribution in [0, 0.1) is 0 Å². The minimum atomic E-state index is -1.40. The van der Waals surface area contributed by atoms with Crippen molar-refractivity contribution in [3.63, 3.8) is 0 Å². The molecule has 0 spiro atoms. The smallest absolute Gasteiger partial charge is 0.415 e. The monoisotopic (exact) mass is 251 g/mol. The van der Waals surface area contributed by atoms with E-state index in [1.165, 1.54) is 14.0 Å². The maximum atomic E-state index is 11.7. The van der Waals surface area contributed by atoms with Gasteiger partial charge in [-0.1, -0.05) is 6.07 Å². The molecule has 1 N–H and O–H groups in total. The van der Waals surface area contributed by atoms with Crippen LogP contribution in [-0.2, 0) is 9.53 Å². The molecule has 2 rings (SSSR count). The van der Waals surface area contributed by atoms with Crippen molar-refractivity contribution in [3.8, 4) is 5.75 Å². The fraction of sp³-hybridized carbons (Fsp3) is 0.333. The van der Waals surface area contributed by atoms with Gasteiger partial charge in [0.25, 0.3) is 0 Å². The second-order valence-corrected chi connectivity index (χ2v) is 4.17. The van der Waals surface area contributed by atoms with E-state index in [2.05, 4.69) is 0 Å². The lowest BCUT2D eigenvalue weighted by Gasteiger charge is -2.27. The fourth-order valence-electron chi connectivity index (χ4n) is 1.83. The largest absolute Gasteiger partial charge is 0.497 e. The van der Waals surface area contributed by atoms with Gasteiger partial charge in [-0.15, -0.1) is 0 Å². The van der Waals surface area contributed by atoms with Gasteiger partial charge in [0.05, 0.1) is 12.8 Å². The molecular formula is C12H13NO5. The Morgan fingerprint density at radius 1 is 1.56 bits per heavy atom. The molecular weight excluding hydrogens is 238 g/mol. The van der Waals surface area contributed by atoms with Crippen LogP contribution in [-0.4, -0.2) is 36.4 Å². The third kappa shape index (κ3) is 1.75. The van der Waals surface area contributed by atoms with Gasteiger partial charge in [-0.05, 0) is 19.1 Å². The van der Waals surface area contributed by atoms with Crippen molar-refractivity contribution in [2.45, 2.75) is 12.5 Å². The molecule has 0 radical (unpaired) electrons. The molecule has 0 bridgehead atoms. The van der Waals surface area contributed by atoms with E-state index in [4.69, 9.17) is 9.47 Å². The van der Waals surface area contributed by atoms with E-state index in [9.17, 15) is 14.7 Å². The summed E-state index contributed by atoms with van der Waals surface area (Å²) in [5.74, 6) is -0.573. The number of aliphatic carboxylic acids is 1. The maximum absolute atomic E-state index is 11.7. The number of anilines is 1. The number of hydrogen-bond donors (Lipinski definition) is 1. The number of hydrogen-bond acceptors (Lipinski definition) is 4. The molecule has 1 atom stereocenters. The average molecular weight is 251 g/mol. The van der Waals surface area contributed by atoms with Crippen LogP contribution in [0.25, 0.3) is 0 Å². The number of amides is 1. The zero-order valence-corrected chi connectivity index (χ0v) is 10.0. The Balaban J connectivity index is 2.46. The van der Waals surface area contributed by atoms with Gasteiger partial charge in [0.15, 0.2) is 5.54 Å². The zero-order chi connectivity index (χ0) is 13.3. The normalized spacial score (nSPS) is 22.8. The number of carbonyl (C=O) groups excluding carboxylic acids is 1. The lowest BCUT2D eigenvalue weighted by Crippen LogP contribution is -2.51. The summed E-state index contributed by atoms with van der Waals surface area (Å²) in [5, 5.41) is 9.24. The van der Waals surface area contributed by atoms with Gasteiger partial charge < -0.3 is 14.6 Å². The highest BCUT2D eigenvalue weighted by atomic mass is 16.6. The van der Waals surface area contributed by atoms with Crippen LogP contribution >= 0.6 is 0 Å². The Labute approximate surface area is 104 Å². The van der Waals surface area contributed by atoms with Gasteiger partial charge in [-0.3, -0.25) is 4.90 Å². The highest BCUT2D eigenvalue weighted by Crippen LogP contribution is 2.32. The molecule has 1 heterocycles. The number of methoxy groups -OCH3 is 1. The molecule has 1 aromatic rings. The van der Waals surface area contributed by atoms with E-state index in [0.717, 1.165) is 4.90 Å². The Morgan fingerprint density at radius 2 is 2.28 bits per heavy atom. The van der Waals surface area contributed by atoms with Gasteiger partial charge in [-0.2, -0.15) is 0 Å². The van der Waals surface area contributed by atoms with Crippen LogP contribution in [0.15, 0.2) is 24.3 Å². The van der Waals surface area contributed by atoms with E-state index < -0.39 is 17.6 Å². The van der Waals surface area contributed by atoms with Crippen molar-refractivity contribution in [2.75, 3.05) is 18.6 Å². The number of carboxylic acid groups (broad SMARTS) is 1. The van der Waals surface area contributed by atoms with Crippen LogP contribution in [0.5, 0.6) is 5.75 Å². The summed E-state index contributed by atoms with van der Waals surface area (Å²) in [4.78, 5) is 24.1. The highest BCUT2D eigenvalue weighted by molar-refractivity contribution is 6.00. The van der Waals surface area contributed by atoms with Gasteiger partial charge in [-0.25, -0.2) is 9.59 Å². The van der Waals surface area contributed by atoms with Crippen LogP contribution in [0.4, 0.5) is 10.5 Å². The Hall–Kier alpha value is -2.24. The van der Waals surface area contributed by atoms with Crippen molar-refractivity contribution in [1.82, 2.24) is 0 Å². The van der Waals surface area contributed by atoms with Gasteiger partial charge in [0.2, 0.25) is 0 Å². The highest BCUT2D eigenvalue weighted by Gasteiger charge is 2.50. The van der Waals surface area contributed by atoms with E-state index in [0.29, 0.717) is 11.4 Å². The first-order valence-corrected chi connectivity index (χ1v) is 5.33. The van der Waals surface area contributed by atoms with Crippen LogP contribution in [0.1, 0.15) is 6.92 Å². The molecule has 0 saturated carbocycles. The van der Waals surface area contributed by atoms with Gasteiger partial charge in [0, 0.05) is 6.07 Å². The quantitative estimate of drug-likeness (QED) is 0.880. The Kier molecular flexibility index (Phi) is 2.86. The Morgan fingerprint density at radius 3 is 2.89 bits per heavy atom. The second kappa shape index (κ2) is 4.21. The minimum absolute atomic E-state index is 0.182. The number of cyclic esters (lactones) is 1. The topological polar surface area (TPSA) is 76.1 Å². The third-order valence-electron chi connectivity index (χ3n) is 2.93. The van der Waals surface area contributed by atoms with Crippen molar-refractivity contribution >= 4 is 17.7 Å². The standard InChI is InChI=1S/C12H13NO5/c1-12(10(14)15)7-18-11(16)13(12)8-4-3-5-9(6-8)17-2/h3-6H,7H2,1-2H3,(H,14,15). The molecule has 1 aromatic carbocycles. The number of rotatable bonds is 3. The average Bonchev–Trinajstić information content (AvgIpc) is 2.67. The predicted octanol–water partition coefficient (Wildman–Crippen LogP) is 1.50. The summed E-state index contributed by atoms with van der Waals surface area (Å²) in [6.45, 7) is 1.26. The van der Waals surface area contributed by atoms with Crippen molar-refractivity contribution < 1.29 is 24.2 Å². The summed E-state index contributed by atoms with van der Waals surface area (Å²) in [6, 6.07) is 6.62. The van der Waals surface area contributed by atoms with E-state index in [-0.39, 0.29) is 6.61 Å². The number of nitrogens with zero attached hydrogens (tertiary/aromatic N) is 1. The van der Waals surface area contributed by atoms with Crippen molar-refractivity contribution in [2.24, 2.45) is 0 Å². The number of carbonyl (C=O) groups is 2. The lowest BCUT2D eigenvalue weighted by atomic mass is 10.0. The number of benzene rings is 1. The molecule has 1 unspecified atom stereocenters. The molecule has 18 heavy (non-hydrogen) atoms. The van der Waals surface area contributed by atoms with Crippen LogP contribution < -0.4 is 9.64 Å². The fourth-order valence-corrected chi connectivity index (χ4v) is 1.83. The third-order valence-corrected chi connectivity index (χ3v) is 2.93. The van der Waals surface area contributed by atoms with Crippen LogP contribution in [0.3, 0.4) is 0 Å². The lowest BCUT2D eigenvalue weighted by molar-refractivity contribution is -0.142. The SMILES string of the molecule is COc1cccc(N2C(=O)OCC2(C)C(=O)O)c1. The molecule has 1 aliphatic heterocycles. The van der Waals surface area contributed by atoms with Gasteiger partial charge in [0.1, 0.15) is 12.4 Å².